The van der Waals surface area contributed by atoms with Crippen LogP contribution in [0.4, 0.5) is 5.69 Å². The monoisotopic (exact) mass is 250 g/mol. The van der Waals surface area contributed by atoms with E-state index in [1.54, 1.807) is 6.07 Å². The zero-order valence-corrected chi connectivity index (χ0v) is 10.2. The fourth-order valence-corrected chi connectivity index (χ4v) is 1.95. The van der Waals surface area contributed by atoms with E-state index in [0.29, 0.717) is 10.7 Å². The number of amides is 1. The van der Waals surface area contributed by atoms with Gasteiger partial charge in [-0.05, 0) is 31.0 Å². The molecule has 0 saturated heterocycles. The van der Waals surface area contributed by atoms with Crippen LogP contribution in [0.1, 0.15) is 21.6 Å². The number of nitrogens with zero attached hydrogens (tertiary/aromatic N) is 1. The average molecular weight is 251 g/mol. The number of aryl methyl sites for hydroxylation is 2. The van der Waals surface area contributed by atoms with Crippen molar-refractivity contribution in [3.8, 4) is 0 Å². The Morgan fingerprint density at radius 1 is 1.41 bits per heavy atom. The van der Waals surface area contributed by atoms with Crippen LogP contribution in [0.5, 0.6) is 0 Å². The van der Waals surface area contributed by atoms with Gasteiger partial charge in [0.05, 0.1) is 10.7 Å². The first-order valence-corrected chi connectivity index (χ1v) is 5.44. The molecule has 0 atom stereocenters. The largest absolute Gasteiger partial charge is 0.364 e. The Bertz CT molecular complexity index is 527. The quantitative estimate of drug-likeness (QED) is 0.891. The van der Waals surface area contributed by atoms with E-state index in [4.69, 9.17) is 11.6 Å². The molecule has 0 bridgehead atoms. The predicted molar refractivity (Wildman–Crippen MR) is 65.4 cm³/mol. The Balaban J connectivity index is 2.28. The maximum Gasteiger partial charge on any atom is 0.277 e. The first-order chi connectivity index (χ1) is 8.08. The molecule has 0 fully saturated rings. The highest BCUT2D eigenvalue weighted by atomic mass is 35.5. The second kappa shape index (κ2) is 4.59. The molecule has 1 N–H and O–H groups in total. The Morgan fingerprint density at radius 2 is 2.18 bits per heavy atom. The summed E-state index contributed by atoms with van der Waals surface area (Å²) < 4.78 is 4.61. The van der Waals surface area contributed by atoms with Gasteiger partial charge in [0.15, 0.2) is 5.69 Å². The second-order valence-corrected chi connectivity index (χ2v) is 4.18. The van der Waals surface area contributed by atoms with Crippen LogP contribution < -0.4 is 5.32 Å². The van der Waals surface area contributed by atoms with Gasteiger partial charge in [-0.2, -0.15) is 0 Å². The summed E-state index contributed by atoms with van der Waals surface area (Å²) in [7, 11) is 0. The number of anilines is 1. The van der Waals surface area contributed by atoms with E-state index < -0.39 is 0 Å². The molecule has 5 heteroatoms. The molecule has 1 heterocycles. The highest BCUT2D eigenvalue weighted by Crippen LogP contribution is 2.27. The third-order valence-corrected chi connectivity index (χ3v) is 2.64. The highest BCUT2D eigenvalue weighted by Gasteiger charge is 2.13. The van der Waals surface area contributed by atoms with Crippen molar-refractivity contribution in [2.24, 2.45) is 0 Å². The molecule has 0 saturated carbocycles. The molecule has 0 aliphatic heterocycles. The van der Waals surface area contributed by atoms with Crippen LogP contribution in [0, 0.1) is 13.8 Å². The Kier molecular flexibility index (Phi) is 3.15. The van der Waals surface area contributed by atoms with Crippen molar-refractivity contribution in [2.45, 2.75) is 13.8 Å². The molecule has 0 spiro atoms. The molecule has 17 heavy (non-hydrogen) atoms. The Labute approximate surface area is 104 Å². The molecule has 88 valence electrons. The van der Waals surface area contributed by atoms with E-state index in [0.717, 1.165) is 11.1 Å². The van der Waals surface area contributed by atoms with Crippen LogP contribution in [-0.2, 0) is 0 Å². The van der Waals surface area contributed by atoms with Gasteiger partial charge >= 0.3 is 0 Å². The van der Waals surface area contributed by atoms with Gasteiger partial charge in [-0.3, -0.25) is 4.79 Å². The van der Waals surface area contributed by atoms with Crippen molar-refractivity contribution in [1.82, 2.24) is 5.16 Å². The standard InChI is InChI=1S/C12H11ClN2O2/c1-7-5-8(2)11(9(13)6-7)14-12(16)10-3-4-17-15-10/h3-6H,1-2H3,(H,14,16). The lowest BCUT2D eigenvalue weighted by atomic mass is 10.1. The number of hydrogen-bond acceptors (Lipinski definition) is 3. The van der Waals surface area contributed by atoms with Gasteiger partial charge in [-0.1, -0.05) is 22.8 Å². The molecular weight excluding hydrogens is 240 g/mol. The fourth-order valence-electron chi connectivity index (χ4n) is 1.58. The predicted octanol–water partition coefficient (Wildman–Crippen LogP) is 3.20. The first-order valence-electron chi connectivity index (χ1n) is 5.06. The van der Waals surface area contributed by atoms with Crippen molar-refractivity contribution in [3.63, 3.8) is 0 Å². The van der Waals surface area contributed by atoms with Gasteiger partial charge in [0, 0.05) is 6.07 Å². The third-order valence-electron chi connectivity index (χ3n) is 2.34. The van der Waals surface area contributed by atoms with E-state index in [-0.39, 0.29) is 11.6 Å². The molecule has 4 nitrogen and oxygen atoms in total. The molecule has 2 aromatic rings. The molecule has 1 aromatic heterocycles. The van der Waals surface area contributed by atoms with Crippen LogP contribution in [0.3, 0.4) is 0 Å². The van der Waals surface area contributed by atoms with E-state index in [2.05, 4.69) is 15.0 Å². The number of carbonyl (C=O) groups excluding carboxylic acids is 1. The van der Waals surface area contributed by atoms with E-state index in [1.807, 2.05) is 19.9 Å². The summed E-state index contributed by atoms with van der Waals surface area (Å²) in [5.41, 5.74) is 2.78. The van der Waals surface area contributed by atoms with Crippen molar-refractivity contribution in [3.05, 3.63) is 46.3 Å². The summed E-state index contributed by atoms with van der Waals surface area (Å²) in [6, 6.07) is 5.24. The maximum atomic E-state index is 11.8. The number of carbonyl (C=O) groups is 1. The summed E-state index contributed by atoms with van der Waals surface area (Å²) in [4.78, 5) is 11.8. The zero-order valence-electron chi connectivity index (χ0n) is 9.45. The molecule has 2 rings (SSSR count). The third kappa shape index (κ3) is 2.47. The Hall–Kier alpha value is -1.81. The fraction of sp³-hybridized carbons (Fsp3) is 0.167. The van der Waals surface area contributed by atoms with Crippen molar-refractivity contribution in [1.29, 1.82) is 0 Å². The van der Waals surface area contributed by atoms with Gasteiger partial charge < -0.3 is 9.84 Å². The minimum absolute atomic E-state index is 0.223. The SMILES string of the molecule is Cc1cc(C)c(NC(=O)c2ccon2)c(Cl)c1. The van der Waals surface area contributed by atoms with Gasteiger partial charge in [-0.25, -0.2) is 0 Å². The maximum absolute atomic E-state index is 11.8. The normalized spacial score (nSPS) is 10.3. The highest BCUT2D eigenvalue weighted by molar-refractivity contribution is 6.34. The molecule has 0 aliphatic rings. The summed E-state index contributed by atoms with van der Waals surface area (Å²) in [6.07, 6.45) is 1.35. The van der Waals surface area contributed by atoms with Gasteiger partial charge in [0.25, 0.3) is 5.91 Å². The van der Waals surface area contributed by atoms with Crippen LogP contribution >= 0.6 is 11.6 Å². The molecular formula is C12H11ClN2O2. The Morgan fingerprint density at radius 3 is 2.76 bits per heavy atom. The summed E-state index contributed by atoms with van der Waals surface area (Å²) >= 11 is 6.08. The summed E-state index contributed by atoms with van der Waals surface area (Å²) in [6.45, 7) is 3.83. The lowest BCUT2D eigenvalue weighted by Gasteiger charge is -2.10. The molecule has 0 aliphatic carbocycles. The molecule has 1 amide bonds. The van der Waals surface area contributed by atoms with Crippen molar-refractivity contribution >= 4 is 23.2 Å². The number of nitrogens with one attached hydrogen (secondary N) is 1. The minimum Gasteiger partial charge on any atom is -0.364 e. The number of halogens is 1. The van der Waals surface area contributed by atoms with E-state index in [1.165, 1.54) is 12.3 Å². The number of hydrogen-bond donors (Lipinski definition) is 1. The molecule has 0 unspecified atom stereocenters. The molecule has 1 aromatic carbocycles. The van der Waals surface area contributed by atoms with Gasteiger partial charge in [-0.15, -0.1) is 0 Å². The number of aromatic nitrogens is 1. The lowest BCUT2D eigenvalue weighted by molar-refractivity contribution is 0.101. The van der Waals surface area contributed by atoms with Crippen molar-refractivity contribution < 1.29 is 9.32 Å². The first kappa shape index (κ1) is 11.7. The smallest absolute Gasteiger partial charge is 0.277 e. The number of rotatable bonds is 2. The lowest BCUT2D eigenvalue weighted by Crippen LogP contribution is -2.13. The van der Waals surface area contributed by atoms with Crippen LogP contribution in [-0.4, -0.2) is 11.1 Å². The van der Waals surface area contributed by atoms with Crippen LogP contribution in [0.15, 0.2) is 29.0 Å². The molecule has 0 radical (unpaired) electrons. The summed E-state index contributed by atoms with van der Waals surface area (Å²) in [5.74, 6) is -0.340. The van der Waals surface area contributed by atoms with E-state index in [9.17, 15) is 4.79 Å². The zero-order chi connectivity index (χ0) is 12.4. The van der Waals surface area contributed by atoms with Crippen LogP contribution in [0.25, 0.3) is 0 Å². The van der Waals surface area contributed by atoms with E-state index >= 15 is 0 Å². The van der Waals surface area contributed by atoms with Crippen molar-refractivity contribution in [2.75, 3.05) is 5.32 Å². The van der Waals surface area contributed by atoms with Gasteiger partial charge in [0.1, 0.15) is 6.26 Å². The summed E-state index contributed by atoms with van der Waals surface area (Å²) in [5, 5.41) is 6.79. The number of benzene rings is 1. The topological polar surface area (TPSA) is 55.1 Å². The van der Waals surface area contributed by atoms with Gasteiger partial charge in [0.2, 0.25) is 0 Å². The minimum atomic E-state index is -0.340. The van der Waals surface area contributed by atoms with Crippen LogP contribution in [0.2, 0.25) is 5.02 Å². The second-order valence-electron chi connectivity index (χ2n) is 3.78. The average Bonchev–Trinajstić information content (AvgIpc) is 2.76.